The van der Waals surface area contributed by atoms with Crippen molar-refractivity contribution >= 4 is 16.7 Å². The number of esters is 1. The molecule has 0 aliphatic heterocycles. The van der Waals surface area contributed by atoms with Gasteiger partial charge in [-0.3, -0.25) is 0 Å². The molecule has 0 bridgehead atoms. The Morgan fingerprint density at radius 3 is 2.90 bits per heavy atom. The number of nitrogens with zero attached hydrogens (tertiary/aromatic N) is 2. The van der Waals surface area contributed by atoms with Crippen molar-refractivity contribution in [2.24, 2.45) is 5.92 Å². The fourth-order valence-electron chi connectivity index (χ4n) is 2.86. The van der Waals surface area contributed by atoms with Crippen molar-refractivity contribution in [1.82, 2.24) is 4.98 Å². The van der Waals surface area contributed by atoms with Crippen LogP contribution in [0.25, 0.3) is 10.8 Å². The van der Waals surface area contributed by atoms with Gasteiger partial charge in [0.1, 0.15) is 6.10 Å². The second-order valence-corrected chi connectivity index (χ2v) is 5.34. The molecule has 1 aliphatic rings. The van der Waals surface area contributed by atoms with Crippen LogP contribution in [0.4, 0.5) is 0 Å². The normalized spacial score (nSPS) is 21.7. The lowest BCUT2D eigenvalue weighted by molar-refractivity contribution is 0.0103. The lowest BCUT2D eigenvalue weighted by atomic mass is 9.87. The summed E-state index contributed by atoms with van der Waals surface area (Å²) < 4.78 is 5.57. The molecular formula is C17H16N2O2. The topological polar surface area (TPSA) is 63.0 Å². The van der Waals surface area contributed by atoms with Crippen molar-refractivity contribution < 1.29 is 9.53 Å². The van der Waals surface area contributed by atoms with E-state index in [0.717, 1.165) is 36.5 Å². The summed E-state index contributed by atoms with van der Waals surface area (Å²) in [5, 5.41) is 10.9. The van der Waals surface area contributed by atoms with Crippen molar-refractivity contribution in [1.29, 1.82) is 5.26 Å². The summed E-state index contributed by atoms with van der Waals surface area (Å²) in [4.78, 5) is 16.6. The van der Waals surface area contributed by atoms with E-state index in [1.807, 2.05) is 30.3 Å². The number of benzene rings is 1. The van der Waals surface area contributed by atoms with E-state index in [1.54, 1.807) is 6.20 Å². The minimum Gasteiger partial charge on any atom is -0.456 e. The zero-order valence-corrected chi connectivity index (χ0v) is 11.7. The number of nitriles is 1. The predicted molar refractivity (Wildman–Crippen MR) is 78.5 cm³/mol. The van der Waals surface area contributed by atoms with Crippen molar-refractivity contribution in [2.75, 3.05) is 0 Å². The Labute approximate surface area is 123 Å². The quantitative estimate of drug-likeness (QED) is 0.790. The van der Waals surface area contributed by atoms with Crippen molar-refractivity contribution in [2.45, 2.75) is 31.8 Å². The summed E-state index contributed by atoms with van der Waals surface area (Å²) in [5.41, 5.74) is 0.329. The molecule has 1 aliphatic carbocycles. The van der Waals surface area contributed by atoms with E-state index in [2.05, 4.69) is 11.1 Å². The number of rotatable bonds is 2. The molecule has 2 aromatic rings. The van der Waals surface area contributed by atoms with E-state index in [9.17, 15) is 4.79 Å². The summed E-state index contributed by atoms with van der Waals surface area (Å²) in [7, 11) is 0. The summed E-state index contributed by atoms with van der Waals surface area (Å²) in [6, 6.07) is 11.7. The minimum absolute atomic E-state index is 0.197. The highest BCUT2D eigenvalue weighted by atomic mass is 16.5. The molecule has 0 saturated heterocycles. The lowest BCUT2D eigenvalue weighted by Crippen LogP contribution is -2.29. The second-order valence-electron chi connectivity index (χ2n) is 5.34. The maximum absolute atomic E-state index is 12.4. The van der Waals surface area contributed by atoms with E-state index >= 15 is 0 Å². The van der Waals surface area contributed by atoms with E-state index in [1.165, 1.54) is 0 Å². The average molecular weight is 280 g/mol. The van der Waals surface area contributed by atoms with Crippen LogP contribution in [0, 0.1) is 17.2 Å². The van der Waals surface area contributed by atoms with Gasteiger partial charge in [-0.1, -0.05) is 30.7 Å². The fraction of sp³-hybridized carbons (Fsp3) is 0.353. The monoisotopic (exact) mass is 280 g/mol. The van der Waals surface area contributed by atoms with E-state index in [0.29, 0.717) is 5.69 Å². The molecule has 2 atom stereocenters. The Bertz CT molecular complexity index is 700. The highest BCUT2D eigenvalue weighted by Gasteiger charge is 2.29. The average Bonchev–Trinajstić information content (AvgIpc) is 2.54. The molecule has 0 amide bonds. The molecule has 1 saturated carbocycles. The van der Waals surface area contributed by atoms with Gasteiger partial charge in [0.15, 0.2) is 5.69 Å². The number of carbonyl (C=O) groups excluding carboxylic acids is 1. The Morgan fingerprint density at radius 1 is 1.24 bits per heavy atom. The molecule has 3 rings (SSSR count). The van der Waals surface area contributed by atoms with Crippen molar-refractivity contribution in [3.63, 3.8) is 0 Å². The van der Waals surface area contributed by atoms with Crippen LogP contribution in [-0.2, 0) is 4.74 Å². The molecule has 1 fully saturated rings. The molecule has 4 heteroatoms. The van der Waals surface area contributed by atoms with Crippen molar-refractivity contribution in [3.05, 3.63) is 42.2 Å². The third-order valence-electron chi connectivity index (χ3n) is 3.99. The van der Waals surface area contributed by atoms with Gasteiger partial charge in [0.25, 0.3) is 0 Å². The summed E-state index contributed by atoms with van der Waals surface area (Å²) in [6.07, 6.45) is 4.89. The summed E-state index contributed by atoms with van der Waals surface area (Å²) >= 11 is 0. The molecule has 0 N–H and O–H groups in total. The Hall–Kier alpha value is -2.41. The first kappa shape index (κ1) is 13.6. The van der Waals surface area contributed by atoms with Gasteiger partial charge >= 0.3 is 5.97 Å². The minimum atomic E-state index is -0.432. The van der Waals surface area contributed by atoms with Gasteiger partial charge in [0.2, 0.25) is 0 Å². The molecule has 1 aromatic carbocycles. The van der Waals surface area contributed by atoms with Gasteiger partial charge in [0, 0.05) is 11.6 Å². The highest BCUT2D eigenvalue weighted by molar-refractivity contribution is 6.02. The van der Waals surface area contributed by atoms with Gasteiger partial charge < -0.3 is 4.74 Å². The van der Waals surface area contributed by atoms with Crippen LogP contribution in [-0.4, -0.2) is 17.1 Å². The molecule has 21 heavy (non-hydrogen) atoms. The molecule has 1 heterocycles. The maximum atomic E-state index is 12.4. The molecule has 4 nitrogen and oxygen atoms in total. The van der Waals surface area contributed by atoms with Crippen LogP contribution in [0.1, 0.15) is 36.2 Å². The fourth-order valence-corrected chi connectivity index (χ4v) is 2.86. The predicted octanol–water partition coefficient (Wildman–Crippen LogP) is 3.47. The van der Waals surface area contributed by atoms with Gasteiger partial charge in [0.05, 0.1) is 12.0 Å². The van der Waals surface area contributed by atoms with Crippen LogP contribution in [0.15, 0.2) is 36.5 Å². The van der Waals surface area contributed by atoms with Gasteiger partial charge in [-0.25, -0.2) is 9.78 Å². The van der Waals surface area contributed by atoms with Crippen LogP contribution < -0.4 is 0 Å². The second kappa shape index (κ2) is 5.92. The SMILES string of the molecule is N#CC1CCCCC1OC(=O)c1nccc2ccccc12. The first-order valence-corrected chi connectivity index (χ1v) is 7.24. The van der Waals surface area contributed by atoms with Gasteiger partial charge in [-0.2, -0.15) is 5.26 Å². The van der Waals surface area contributed by atoms with E-state index in [4.69, 9.17) is 10.00 Å². The molecular weight excluding hydrogens is 264 g/mol. The number of ether oxygens (including phenoxy) is 1. The lowest BCUT2D eigenvalue weighted by Gasteiger charge is -2.26. The molecule has 0 spiro atoms. The first-order valence-electron chi connectivity index (χ1n) is 7.24. The third-order valence-corrected chi connectivity index (χ3v) is 3.99. The zero-order chi connectivity index (χ0) is 14.7. The third kappa shape index (κ3) is 2.73. The number of aromatic nitrogens is 1. The largest absolute Gasteiger partial charge is 0.456 e. The number of fused-ring (bicyclic) bond motifs is 1. The standard InChI is InChI=1S/C17H16N2O2/c18-11-13-6-2-4-8-15(13)21-17(20)16-14-7-3-1-5-12(14)9-10-19-16/h1,3,5,7,9-10,13,15H,2,4,6,8H2. The van der Waals surface area contributed by atoms with E-state index in [-0.39, 0.29) is 12.0 Å². The highest BCUT2D eigenvalue weighted by Crippen LogP contribution is 2.27. The molecule has 2 unspecified atom stereocenters. The van der Waals surface area contributed by atoms with Crippen LogP contribution in [0.5, 0.6) is 0 Å². The summed E-state index contributed by atoms with van der Waals surface area (Å²) in [6.45, 7) is 0. The Morgan fingerprint density at radius 2 is 2.05 bits per heavy atom. The number of pyridine rings is 1. The van der Waals surface area contributed by atoms with Crippen LogP contribution in [0.2, 0.25) is 0 Å². The molecule has 0 radical (unpaired) electrons. The maximum Gasteiger partial charge on any atom is 0.357 e. The molecule has 106 valence electrons. The van der Waals surface area contributed by atoms with Gasteiger partial charge in [-0.15, -0.1) is 0 Å². The number of carbonyl (C=O) groups is 1. The molecule has 1 aromatic heterocycles. The number of hydrogen-bond donors (Lipinski definition) is 0. The van der Waals surface area contributed by atoms with Crippen LogP contribution in [0.3, 0.4) is 0 Å². The smallest absolute Gasteiger partial charge is 0.357 e. The van der Waals surface area contributed by atoms with Crippen molar-refractivity contribution in [3.8, 4) is 6.07 Å². The Kier molecular flexibility index (Phi) is 3.83. The van der Waals surface area contributed by atoms with Gasteiger partial charge in [-0.05, 0) is 30.7 Å². The Balaban J connectivity index is 1.86. The van der Waals surface area contributed by atoms with E-state index < -0.39 is 5.97 Å². The summed E-state index contributed by atoms with van der Waals surface area (Å²) in [5.74, 6) is -0.628. The zero-order valence-electron chi connectivity index (χ0n) is 11.7. The first-order chi connectivity index (χ1) is 10.3. The van der Waals surface area contributed by atoms with Crippen LogP contribution >= 0.6 is 0 Å². The number of hydrogen-bond acceptors (Lipinski definition) is 4.